The van der Waals surface area contributed by atoms with Crippen LogP contribution >= 0.6 is 0 Å². The molecular formula is C19H39NO4Si. The second-order valence-electron chi connectivity index (χ2n) is 9.93. The number of aliphatic hydroxyl groups is 1. The molecule has 0 unspecified atom stereocenters. The summed E-state index contributed by atoms with van der Waals surface area (Å²) >= 11 is 0. The minimum Gasteiger partial charge on any atom is -0.444 e. The Balaban J connectivity index is 3.04. The fraction of sp³-hybridized carbons (Fsp3) is 0.947. The third kappa shape index (κ3) is 5.44. The molecule has 1 aliphatic rings. The molecular weight excluding hydrogens is 334 g/mol. The molecule has 6 heteroatoms. The number of hydrogen-bond donors (Lipinski definition) is 1. The van der Waals surface area contributed by atoms with E-state index in [1.54, 1.807) is 4.90 Å². The lowest BCUT2D eigenvalue weighted by atomic mass is 9.91. The molecule has 0 aromatic carbocycles. The first-order valence-electron chi connectivity index (χ1n) is 9.47. The van der Waals surface area contributed by atoms with E-state index in [0.29, 0.717) is 13.0 Å². The first-order chi connectivity index (χ1) is 11.2. The molecule has 0 radical (unpaired) electrons. The minimum atomic E-state index is -1.94. The molecule has 5 nitrogen and oxygen atoms in total. The molecule has 1 N–H and O–H groups in total. The van der Waals surface area contributed by atoms with Gasteiger partial charge in [-0.05, 0) is 51.7 Å². The maximum atomic E-state index is 12.8. The van der Waals surface area contributed by atoms with Crippen molar-refractivity contribution in [2.24, 2.45) is 0 Å². The molecule has 25 heavy (non-hydrogen) atoms. The van der Waals surface area contributed by atoms with Gasteiger partial charge in [-0.3, -0.25) is 4.90 Å². The lowest BCUT2D eigenvalue weighted by molar-refractivity contribution is -0.00717. The number of rotatable bonds is 5. The normalized spacial score (nSPS) is 25.4. The van der Waals surface area contributed by atoms with Gasteiger partial charge in [-0.1, -0.05) is 34.1 Å². The van der Waals surface area contributed by atoms with Gasteiger partial charge >= 0.3 is 6.09 Å². The summed E-state index contributed by atoms with van der Waals surface area (Å²) in [5.41, 5.74) is -1.13. The van der Waals surface area contributed by atoms with Crippen LogP contribution in [0.4, 0.5) is 4.79 Å². The minimum absolute atomic E-state index is 0.0490. The molecule has 1 saturated heterocycles. The highest BCUT2D eigenvalue weighted by Crippen LogP contribution is 2.42. The van der Waals surface area contributed by atoms with Crippen LogP contribution in [0.25, 0.3) is 0 Å². The van der Waals surface area contributed by atoms with Crippen molar-refractivity contribution in [1.82, 2.24) is 4.90 Å². The van der Waals surface area contributed by atoms with Gasteiger partial charge < -0.3 is 14.3 Å². The fourth-order valence-corrected chi connectivity index (χ4v) is 4.53. The summed E-state index contributed by atoms with van der Waals surface area (Å²) in [5.74, 6) is 0. The Hall–Kier alpha value is -0.593. The molecule has 1 aliphatic heterocycles. The van der Waals surface area contributed by atoms with Crippen molar-refractivity contribution in [1.29, 1.82) is 0 Å². The van der Waals surface area contributed by atoms with Gasteiger partial charge in [-0.2, -0.15) is 0 Å². The van der Waals surface area contributed by atoms with Gasteiger partial charge in [0.2, 0.25) is 0 Å². The predicted molar refractivity (Wildman–Crippen MR) is 104 cm³/mol. The van der Waals surface area contributed by atoms with Crippen LogP contribution in [-0.2, 0) is 9.16 Å². The van der Waals surface area contributed by atoms with Crippen molar-refractivity contribution in [2.45, 2.75) is 103 Å². The van der Waals surface area contributed by atoms with Crippen LogP contribution in [0.3, 0.4) is 0 Å². The molecule has 0 aliphatic carbocycles. The zero-order valence-corrected chi connectivity index (χ0v) is 18.7. The lowest BCUT2D eigenvalue weighted by Crippen LogP contribution is -2.51. The zero-order chi connectivity index (χ0) is 19.7. The maximum Gasteiger partial charge on any atom is 0.410 e. The molecule has 1 amide bonds. The van der Waals surface area contributed by atoms with Crippen molar-refractivity contribution in [3.63, 3.8) is 0 Å². The molecule has 148 valence electrons. The van der Waals surface area contributed by atoms with Crippen LogP contribution < -0.4 is 0 Å². The molecule has 0 aromatic heterocycles. The van der Waals surface area contributed by atoms with Gasteiger partial charge in [0.05, 0.1) is 18.2 Å². The Morgan fingerprint density at radius 2 is 1.80 bits per heavy atom. The second kappa shape index (κ2) is 7.57. The smallest absolute Gasteiger partial charge is 0.410 e. The van der Waals surface area contributed by atoms with Crippen LogP contribution in [-0.4, -0.2) is 54.8 Å². The number of nitrogens with zero attached hydrogens (tertiary/aromatic N) is 1. The van der Waals surface area contributed by atoms with Crippen LogP contribution in [0.1, 0.15) is 67.7 Å². The molecule has 0 spiro atoms. The van der Waals surface area contributed by atoms with E-state index in [2.05, 4.69) is 40.8 Å². The molecule has 1 fully saturated rings. The highest BCUT2D eigenvalue weighted by Gasteiger charge is 2.51. The van der Waals surface area contributed by atoms with E-state index in [1.807, 2.05) is 20.8 Å². The van der Waals surface area contributed by atoms with E-state index in [4.69, 9.17) is 9.16 Å². The van der Waals surface area contributed by atoms with Gasteiger partial charge in [-0.15, -0.1) is 0 Å². The number of likely N-dealkylation sites (tertiary alicyclic amines) is 1. The Morgan fingerprint density at radius 3 is 2.20 bits per heavy atom. The third-order valence-corrected chi connectivity index (χ3v) is 9.99. The molecule has 0 saturated carbocycles. The topological polar surface area (TPSA) is 59.0 Å². The summed E-state index contributed by atoms with van der Waals surface area (Å²) in [6, 6.07) is 0. The van der Waals surface area contributed by atoms with Crippen molar-refractivity contribution in [2.75, 3.05) is 13.2 Å². The van der Waals surface area contributed by atoms with E-state index in [-0.39, 0.29) is 23.8 Å². The summed E-state index contributed by atoms with van der Waals surface area (Å²) in [4.78, 5) is 14.5. The molecule has 1 rings (SSSR count). The fourth-order valence-electron chi connectivity index (χ4n) is 3.18. The standard InChI is InChI=1S/C19H39NO4Si/c1-10-11-19(14-21)12-15(24-25(8,9)18(5,6)7)13-20(19)16(22)23-17(2,3)4/h15,21H,10-14H2,1-9H3/t15-,19-/m1/s1. The first-order valence-corrected chi connectivity index (χ1v) is 12.4. The summed E-state index contributed by atoms with van der Waals surface area (Å²) in [5, 5.41) is 10.3. The molecule has 0 aromatic rings. The second-order valence-corrected chi connectivity index (χ2v) is 14.7. The molecule has 2 atom stereocenters. The Bertz CT molecular complexity index is 467. The number of carbonyl (C=O) groups excluding carboxylic acids is 1. The van der Waals surface area contributed by atoms with E-state index in [1.165, 1.54) is 0 Å². The van der Waals surface area contributed by atoms with Crippen molar-refractivity contribution >= 4 is 14.4 Å². The average Bonchev–Trinajstić information content (AvgIpc) is 2.74. The van der Waals surface area contributed by atoms with E-state index < -0.39 is 19.5 Å². The van der Waals surface area contributed by atoms with Crippen LogP contribution in [0.2, 0.25) is 18.1 Å². The van der Waals surface area contributed by atoms with E-state index >= 15 is 0 Å². The molecule has 1 heterocycles. The summed E-state index contributed by atoms with van der Waals surface area (Å²) in [6.07, 6.45) is 1.92. The summed E-state index contributed by atoms with van der Waals surface area (Å²) in [6.45, 7) is 19.2. The molecule has 0 bridgehead atoms. The zero-order valence-electron chi connectivity index (χ0n) is 17.7. The number of aliphatic hydroxyl groups excluding tert-OH is 1. The average molecular weight is 374 g/mol. The maximum absolute atomic E-state index is 12.8. The van der Waals surface area contributed by atoms with Crippen molar-refractivity contribution in [3.8, 4) is 0 Å². The highest BCUT2D eigenvalue weighted by atomic mass is 28.4. The van der Waals surface area contributed by atoms with Crippen molar-refractivity contribution in [3.05, 3.63) is 0 Å². The van der Waals surface area contributed by atoms with E-state index in [0.717, 1.165) is 12.8 Å². The lowest BCUT2D eigenvalue weighted by Gasteiger charge is -2.38. The Kier molecular flexibility index (Phi) is 6.80. The number of ether oxygens (including phenoxy) is 1. The van der Waals surface area contributed by atoms with Crippen LogP contribution in [0.15, 0.2) is 0 Å². The largest absolute Gasteiger partial charge is 0.444 e. The van der Waals surface area contributed by atoms with E-state index in [9.17, 15) is 9.90 Å². The highest BCUT2D eigenvalue weighted by molar-refractivity contribution is 6.74. The predicted octanol–water partition coefficient (Wildman–Crippen LogP) is 4.55. The number of carbonyl (C=O) groups is 1. The van der Waals surface area contributed by atoms with Crippen molar-refractivity contribution < 1.29 is 19.1 Å². The van der Waals surface area contributed by atoms with Crippen LogP contribution in [0, 0.1) is 0 Å². The Morgan fingerprint density at radius 1 is 1.24 bits per heavy atom. The quantitative estimate of drug-likeness (QED) is 0.718. The van der Waals surface area contributed by atoms with Gasteiger partial charge in [0, 0.05) is 6.54 Å². The number of amides is 1. The summed E-state index contributed by atoms with van der Waals surface area (Å²) < 4.78 is 12.2. The number of hydrogen-bond acceptors (Lipinski definition) is 4. The van der Waals surface area contributed by atoms with Gasteiger partial charge in [0.15, 0.2) is 8.32 Å². The van der Waals surface area contributed by atoms with Crippen LogP contribution in [0.5, 0.6) is 0 Å². The third-order valence-electron chi connectivity index (χ3n) is 5.46. The first kappa shape index (κ1) is 22.4. The SMILES string of the molecule is CCC[C@]1(CO)C[C@@H](O[Si](C)(C)C(C)(C)C)CN1C(=O)OC(C)(C)C. The van der Waals surface area contributed by atoms with Gasteiger partial charge in [0.25, 0.3) is 0 Å². The van der Waals surface area contributed by atoms with Gasteiger partial charge in [-0.25, -0.2) is 4.79 Å². The Labute approximate surface area is 155 Å². The summed E-state index contributed by atoms with van der Waals surface area (Å²) in [7, 11) is -1.94. The van der Waals surface area contributed by atoms with Gasteiger partial charge in [0.1, 0.15) is 5.60 Å². The monoisotopic (exact) mass is 373 g/mol.